The molecule has 0 N–H and O–H groups in total. The predicted octanol–water partition coefficient (Wildman–Crippen LogP) is 5.25. The minimum absolute atomic E-state index is 0.842. The third-order valence-corrected chi connectivity index (χ3v) is 8.17. The number of unbranched alkanes of at least 4 members (excludes halogenated alkanes) is 9. The van der Waals surface area contributed by atoms with Crippen molar-refractivity contribution < 1.29 is 7.84 Å². The average Bonchev–Trinajstić information content (AvgIpc) is 2.56. The summed E-state index contributed by atoms with van der Waals surface area (Å²) < 4.78 is 19.4. The van der Waals surface area contributed by atoms with E-state index in [1.165, 1.54) is 57.8 Å². The second kappa shape index (κ2) is 13.1. The van der Waals surface area contributed by atoms with E-state index in [9.17, 15) is 3.10 Å². The Balaban J connectivity index is 2.00. The van der Waals surface area contributed by atoms with Crippen molar-refractivity contribution in [2.24, 2.45) is 0 Å². The van der Waals surface area contributed by atoms with Crippen molar-refractivity contribution in [3.8, 4) is 5.75 Å². The molecule has 0 heterocycles. The molecule has 0 aromatic heterocycles. The number of benzene rings is 1. The molecule has 2 nitrogen and oxygen atoms in total. The van der Waals surface area contributed by atoms with Crippen molar-refractivity contribution in [3.63, 3.8) is 0 Å². The summed E-state index contributed by atoms with van der Waals surface area (Å²) in [5.41, 5.74) is 0. The van der Waals surface area contributed by atoms with Crippen molar-refractivity contribution >= 4 is 23.1 Å². The van der Waals surface area contributed by atoms with Crippen LogP contribution in [0.3, 0.4) is 0 Å². The van der Waals surface area contributed by atoms with Crippen LogP contribution in [0.1, 0.15) is 71.1 Å². The fourth-order valence-corrected chi connectivity index (χ4v) is 5.82. The van der Waals surface area contributed by atoms with Gasteiger partial charge in [-0.1, -0.05) is 0 Å². The molecule has 0 saturated carbocycles. The van der Waals surface area contributed by atoms with Gasteiger partial charge >= 0.3 is 144 Å². The fraction of sp³-hybridized carbons (Fsp3) is 0.684. The first kappa shape index (κ1) is 19.7. The Labute approximate surface area is 143 Å². The maximum absolute atomic E-state index is 12.3. The van der Waals surface area contributed by atoms with Crippen LogP contribution in [0.4, 0.5) is 0 Å². The quantitative estimate of drug-likeness (QED) is 0.322. The van der Waals surface area contributed by atoms with E-state index < -0.39 is 19.5 Å². The van der Waals surface area contributed by atoms with E-state index >= 15 is 0 Å². The van der Waals surface area contributed by atoms with E-state index in [-0.39, 0.29) is 0 Å². The fourth-order valence-electron chi connectivity index (χ4n) is 2.57. The van der Waals surface area contributed by atoms with Gasteiger partial charge in [-0.3, -0.25) is 0 Å². The molecule has 0 spiro atoms. The molecule has 0 bridgehead atoms. The molecule has 0 saturated heterocycles. The normalized spacial score (nSPS) is 11.0. The molecular weight excluding hydrogens is 388 g/mol. The first-order chi connectivity index (χ1) is 10.8. The minimum atomic E-state index is -2.29. The van der Waals surface area contributed by atoms with Crippen molar-refractivity contribution in [2.75, 3.05) is 7.11 Å². The van der Waals surface area contributed by atoms with Gasteiger partial charge in [0.25, 0.3) is 0 Å². The van der Waals surface area contributed by atoms with Gasteiger partial charge in [0.1, 0.15) is 0 Å². The topological polar surface area (TPSA) is 26.3 Å². The monoisotopic (exact) mass is 422 g/mol. The van der Waals surface area contributed by atoms with Gasteiger partial charge in [-0.25, -0.2) is 0 Å². The van der Waals surface area contributed by atoms with Crippen LogP contribution in [0, 0.1) is 0 Å². The number of hydrogen-bond donors (Lipinski definition) is 0. The van der Waals surface area contributed by atoms with Gasteiger partial charge in [0.05, 0.1) is 0 Å². The van der Waals surface area contributed by atoms with E-state index in [0.717, 1.165) is 20.3 Å². The zero-order chi connectivity index (χ0) is 16.0. The number of hydrogen-bond acceptors (Lipinski definition) is 2. The van der Waals surface area contributed by atoms with Crippen LogP contribution in [0.2, 0.25) is 4.47 Å². The second-order valence-electron chi connectivity index (χ2n) is 5.91. The van der Waals surface area contributed by atoms with Crippen molar-refractivity contribution in [1.82, 2.24) is 0 Å². The molecule has 3 heteroatoms. The summed E-state index contributed by atoms with van der Waals surface area (Å²) in [6.07, 6.45) is 13.3. The van der Waals surface area contributed by atoms with Gasteiger partial charge in [-0.2, -0.15) is 0 Å². The summed E-state index contributed by atoms with van der Waals surface area (Å²) >= 11 is -2.29. The Morgan fingerprint density at radius 1 is 0.818 bits per heavy atom. The van der Waals surface area contributed by atoms with Crippen molar-refractivity contribution in [2.45, 2.75) is 75.6 Å². The van der Waals surface area contributed by atoms with Crippen LogP contribution < -0.4 is 8.35 Å². The van der Waals surface area contributed by atoms with E-state index in [1.54, 1.807) is 7.11 Å². The summed E-state index contributed by atoms with van der Waals surface area (Å²) in [6.45, 7) is 2.26. The molecule has 0 atom stereocenters. The summed E-state index contributed by atoms with van der Waals surface area (Å²) in [7, 11) is 1.66. The van der Waals surface area contributed by atoms with Crippen molar-refractivity contribution in [1.29, 1.82) is 0 Å². The molecule has 1 aromatic rings. The van der Waals surface area contributed by atoms with Crippen molar-refractivity contribution in [3.05, 3.63) is 24.3 Å². The molecule has 0 radical (unpaired) electrons. The Hall–Kier alpha value is -0.390. The van der Waals surface area contributed by atoms with Crippen LogP contribution in [0.15, 0.2) is 24.3 Å². The summed E-state index contributed by atoms with van der Waals surface area (Å²) in [6, 6.07) is 7.77. The molecule has 0 aliphatic carbocycles. The number of rotatable bonds is 13. The summed E-state index contributed by atoms with van der Waals surface area (Å²) in [5.74, 6) is 0.842. The molecule has 126 valence electrons. The molecule has 0 aliphatic heterocycles. The molecule has 0 amide bonds. The van der Waals surface area contributed by atoms with Crippen LogP contribution >= 0.6 is 0 Å². The van der Waals surface area contributed by atoms with Crippen LogP contribution in [0.25, 0.3) is 0 Å². The van der Waals surface area contributed by atoms with E-state index in [1.807, 2.05) is 24.3 Å². The SMILES string of the molecule is CCCCCCCCCCCC[Te](=O)c1ccc(OC)cc1. The summed E-state index contributed by atoms with van der Waals surface area (Å²) in [4.78, 5) is 0. The standard InChI is InChI=1S/C19H32O2Te/c1-3-4-5-6-7-8-9-10-11-12-17-22(20)19-15-13-18(21-2)14-16-19/h13-16H,3-12,17H2,1-2H3. The van der Waals surface area contributed by atoms with E-state index in [0.29, 0.717) is 0 Å². The zero-order valence-electron chi connectivity index (χ0n) is 14.3. The van der Waals surface area contributed by atoms with Gasteiger partial charge in [0.15, 0.2) is 0 Å². The zero-order valence-corrected chi connectivity index (χ0v) is 16.6. The van der Waals surface area contributed by atoms with Gasteiger partial charge in [0, 0.05) is 0 Å². The number of ether oxygens (including phenoxy) is 1. The summed E-state index contributed by atoms with van der Waals surface area (Å²) in [5, 5.41) is 0. The van der Waals surface area contributed by atoms with E-state index in [4.69, 9.17) is 4.74 Å². The molecule has 1 rings (SSSR count). The number of methoxy groups -OCH3 is 1. The molecule has 0 aliphatic rings. The third kappa shape index (κ3) is 8.91. The van der Waals surface area contributed by atoms with Crippen LogP contribution in [-0.4, -0.2) is 26.6 Å². The Morgan fingerprint density at radius 2 is 1.32 bits per heavy atom. The maximum atomic E-state index is 12.3. The Bertz CT molecular complexity index is 400. The van der Waals surface area contributed by atoms with Gasteiger partial charge in [-0.15, -0.1) is 0 Å². The third-order valence-electron chi connectivity index (χ3n) is 4.01. The first-order valence-electron chi connectivity index (χ1n) is 8.80. The first-order valence-corrected chi connectivity index (χ1v) is 12.6. The van der Waals surface area contributed by atoms with Crippen LogP contribution in [-0.2, 0) is 3.10 Å². The predicted molar refractivity (Wildman–Crippen MR) is 95.7 cm³/mol. The van der Waals surface area contributed by atoms with Gasteiger partial charge in [-0.05, 0) is 0 Å². The molecule has 22 heavy (non-hydrogen) atoms. The van der Waals surface area contributed by atoms with Gasteiger partial charge < -0.3 is 0 Å². The van der Waals surface area contributed by atoms with Crippen LogP contribution in [0.5, 0.6) is 5.75 Å². The second-order valence-corrected chi connectivity index (χ2v) is 10.4. The Kier molecular flexibility index (Phi) is 11.7. The van der Waals surface area contributed by atoms with Gasteiger partial charge in [0.2, 0.25) is 0 Å². The molecule has 1 aromatic carbocycles. The molecular formula is C19H32O2Te. The Morgan fingerprint density at radius 3 is 1.82 bits per heavy atom. The molecule has 0 fully saturated rings. The molecule has 0 unspecified atom stereocenters. The average molecular weight is 420 g/mol. The van der Waals surface area contributed by atoms with E-state index in [2.05, 4.69) is 6.92 Å².